The number of nitrogens with one attached hydrogen (secondary N) is 1. The van der Waals surface area contributed by atoms with E-state index in [1.807, 2.05) is 83.8 Å². The van der Waals surface area contributed by atoms with E-state index in [1.165, 1.54) is 0 Å². The molecule has 1 N–H and O–H groups in total. The molecule has 152 valence electrons. The lowest BCUT2D eigenvalue weighted by molar-refractivity contribution is -0.116. The molecule has 5 nitrogen and oxygen atoms in total. The van der Waals surface area contributed by atoms with Crippen molar-refractivity contribution in [2.75, 3.05) is 23.1 Å². The lowest BCUT2D eigenvalue weighted by atomic mass is 10.1. The normalized spacial score (nSPS) is 15.8. The molecule has 0 aliphatic carbocycles. The highest BCUT2D eigenvalue weighted by Crippen LogP contribution is 2.42. The largest absolute Gasteiger partial charge is 0.497 e. The van der Waals surface area contributed by atoms with Gasteiger partial charge in [-0.1, -0.05) is 42.5 Å². The van der Waals surface area contributed by atoms with E-state index in [1.54, 1.807) is 18.9 Å². The topological polar surface area (TPSA) is 58.6 Å². The number of carbonyl (C=O) groups is 2. The molecule has 30 heavy (non-hydrogen) atoms. The maximum atomic E-state index is 12.5. The molecule has 0 aromatic heterocycles. The molecule has 6 heteroatoms. The molecule has 1 saturated heterocycles. The van der Waals surface area contributed by atoms with Gasteiger partial charge in [0.15, 0.2) is 0 Å². The van der Waals surface area contributed by atoms with E-state index < -0.39 is 0 Å². The molecule has 1 atom stereocenters. The Morgan fingerprint density at radius 1 is 1.03 bits per heavy atom. The van der Waals surface area contributed by atoms with E-state index in [-0.39, 0.29) is 17.2 Å². The summed E-state index contributed by atoms with van der Waals surface area (Å²) in [6.45, 7) is 0. The van der Waals surface area contributed by atoms with E-state index in [2.05, 4.69) is 5.32 Å². The van der Waals surface area contributed by atoms with Crippen LogP contribution in [-0.2, 0) is 16.0 Å². The number of nitrogens with zero attached hydrogens (tertiary/aromatic N) is 1. The van der Waals surface area contributed by atoms with Gasteiger partial charge >= 0.3 is 0 Å². The van der Waals surface area contributed by atoms with Crippen LogP contribution in [-0.4, -0.2) is 24.7 Å². The average molecular weight is 419 g/mol. The van der Waals surface area contributed by atoms with Crippen LogP contribution in [0.25, 0.3) is 0 Å². The lowest BCUT2D eigenvalue weighted by Crippen LogP contribution is -2.27. The summed E-state index contributed by atoms with van der Waals surface area (Å²) in [7, 11) is 1.62. The molecule has 3 aromatic carbocycles. The molecule has 0 spiro atoms. The fourth-order valence-electron chi connectivity index (χ4n) is 3.41. The summed E-state index contributed by atoms with van der Waals surface area (Å²) < 4.78 is 5.21. The summed E-state index contributed by atoms with van der Waals surface area (Å²) in [6.07, 6.45) is 0.334. The van der Waals surface area contributed by atoms with Crippen molar-refractivity contribution in [2.24, 2.45) is 0 Å². The van der Waals surface area contributed by atoms with Gasteiger partial charge in [0, 0.05) is 11.4 Å². The second kappa shape index (κ2) is 9.05. The smallest absolute Gasteiger partial charge is 0.238 e. The van der Waals surface area contributed by atoms with Crippen LogP contribution in [0.1, 0.15) is 16.5 Å². The molecule has 1 heterocycles. The Labute approximate surface area is 180 Å². The molecule has 0 bridgehead atoms. The highest BCUT2D eigenvalue weighted by Gasteiger charge is 2.34. The molecule has 3 aromatic rings. The third-order valence-electron chi connectivity index (χ3n) is 4.91. The Morgan fingerprint density at radius 2 is 1.73 bits per heavy atom. The maximum Gasteiger partial charge on any atom is 0.238 e. The van der Waals surface area contributed by atoms with Gasteiger partial charge in [-0.25, -0.2) is 0 Å². The first-order chi connectivity index (χ1) is 14.6. The van der Waals surface area contributed by atoms with Gasteiger partial charge in [-0.05, 0) is 47.5 Å². The predicted molar refractivity (Wildman–Crippen MR) is 121 cm³/mol. The van der Waals surface area contributed by atoms with E-state index in [0.717, 1.165) is 28.3 Å². The highest BCUT2D eigenvalue weighted by molar-refractivity contribution is 8.00. The monoisotopic (exact) mass is 418 g/mol. The molecule has 0 saturated carbocycles. The molecule has 0 unspecified atom stereocenters. The fourth-order valence-corrected chi connectivity index (χ4v) is 4.59. The Hall–Kier alpha value is -3.25. The predicted octanol–water partition coefficient (Wildman–Crippen LogP) is 4.66. The van der Waals surface area contributed by atoms with Gasteiger partial charge in [-0.15, -0.1) is 11.8 Å². The minimum Gasteiger partial charge on any atom is -0.497 e. The first-order valence-electron chi connectivity index (χ1n) is 9.65. The SMILES string of the molecule is COc1ccc(N2C(=O)CS[C@@H]2c2ccc(NC(=O)Cc3ccccc3)cc2)cc1. The van der Waals surface area contributed by atoms with Gasteiger partial charge in [0.25, 0.3) is 0 Å². The minimum atomic E-state index is -0.0973. The van der Waals surface area contributed by atoms with Crippen molar-refractivity contribution in [3.05, 3.63) is 90.0 Å². The second-order valence-electron chi connectivity index (χ2n) is 6.96. The number of anilines is 2. The Bertz CT molecular complexity index is 1020. The van der Waals surface area contributed by atoms with Crippen molar-refractivity contribution in [3.63, 3.8) is 0 Å². The van der Waals surface area contributed by atoms with Crippen molar-refractivity contribution >= 4 is 35.0 Å². The number of carbonyl (C=O) groups excluding carboxylic acids is 2. The standard InChI is InChI=1S/C24H22N2O3S/c1-29-21-13-11-20(12-14-21)26-23(28)16-30-24(26)18-7-9-19(10-8-18)25-22(27)15-17-5-3-2-4-6-17/h2-14,24H,15-16H2,1H3,(H,25,27)/t24-/m1/s1. The zero-order valence-electron chi connectivity index (χ0n) is 16.6. The number of thioether (sulfide) groups is 1. The molecular weight excluding hydrogens is 396 g/mol. The van der Waals surface area contributed by atoms with Crippen molar-refractivity contribution in [3.8, 4) is 5.75 Å². The van der Waals surface area contributed by atoms with Gasteiger partial charge < -0.3 is 10.1 Å². The van der Waals surface area contributed by atoms with Crippen molar-refractivity contribution in [1.82, 2.24) is 0 Å². The molecule has 1 aliphatic rings. The first-order valence-corrected chi connectivity index (χ1v) is 10.7. The van der Waals surface area contributed by atoms with E-state index in [4.69, 9.17) is 4.74 Å². The number of ether oxygens (including phenoxy) is 1. The van der Waals surface area contributed by atoms with Crippen LogP contribution in [0.5, 0.6) is 5.75 Å². The van der Waals surface area contributed by atoms with Gasteiger partial charge in [-0.2, -0.15) is 0 Å². The van der Waals surface area contributed by atoms with E-state index >= 15 is 0 Å². The van der Waals surface area contributed by atoms with Crippen LogP contribution in [0.4, 0.5) is 11.4 Å². The Balaban J connectivity index is 1.45. The van der Waals surface area contributed by atoms with Crippen molar-refractivity contribution in [1.29, 1.82) is 0 Å². The van der Waals surface area contributed by atoms with Crippen molar-refractivity contribution in [2.45, 2.75) is 11.8 Å². The first kappa shape index (κ1) is 20.0. The Morgan fingerprint density at radius 3 is 2.40 bits per heavy atom. The minimum absolute atomic E-state index is 0.0563. The molecule has 0 radical (unpaired) electrons. The second-order valence-corrected chi connectivity index (χ2v) is 8.03. The van der Waals surface area contributed by atoms with E-state index in [9.17, 15) is 9.59 Å². The average Bonchev–Trinajstić information content (AvgIpc) is 3.16. The number of methoxy groups -OCH3 is 1. The van der Waals surface area contributed by atoms with Gasteiger partial charge in [0.2, 0.25) is 11.8 Å². The summed E-state index contributed by atoms with van der Waals surface area (Å²) in [5.74, 6) is 1.21. The highest BCUT2D eigenvalue weighted by atomic mass is 32.2. The van der Waals surface area contributed by atoms with Crippen LogP contribution in [0.3, 0.4) is 0 Å². The van der Waals surface area contributed by atoms with Crippen LogP contribution in [0, 0.1) is 0 Å². The zero-order chi connectivity index (χ0) is 20.9. The summed E-state index contributed by atoms with van der Waals surface area (Å²) in [5.41, 5.74) is 3.58. The van der Waals surface area contributed by atoms with Crippen LogP contribution in [0.2, 0.25) is 0 Å². The summed E-state index contributed by atoms with van der Waals surface area (Å²) >= 11 is 1.60. The molecule has 2 amide bonds. The molecule has 4 rings (SSSR count). The molecule has 1 fully saturated rings. The van der Waals surface area contributed by atoms with Crippen molar-refractivity contribution < 1.29 is 14.3 Å². The molecule has 1 aliphatic heterocycles. The number of benzene rings is 3. The zero-order valence-corrected chi connectivity index (χ0v) is 17.4. The Kier molecular flexibility index (Phi) is 6.05. The van der Waals surface area contributed by atoms with E-state index in [0.29, 0.717) is 12.2 Å². The number of hydrogen-bond acceptors (Lipinski definition) is 4. The maximum absolute atomic E-state index is 12.5. The summed E-state index contributed by atoms with van der Waals surface area (Å²) in [5, 5.41) is 2.84. The third kappa shape index (κ3) is 4.49. The van der Waals surface area contributed by atoms with Gasteiger partial charge in [-0.3, -0.25) is 14.5 Å². The third-order valence-corrected chi connectivity index (χ3v) is 6.12. The number of rotatable bonds is 6. The fraction of sp³-hybridized carbons (Fsp3) is 0.167. The van der Waals surface area contributed by atoms with Gasteiger partial charge in [0.1, 0.15) is 11.1 Å². The van der Waals surface area contributed by atoms with Crippen LogP contribution >= 0.6 is 11.8 Å². The number of amides is 2. The van der Waals surface area contributed by atoms with Gasteiger partial charge in [0.05, 0.1) is 19.3 Å². The molecular formula is C24H22N2O3S. The van der Waals surface area contributed by atoms with Crippen LogP contribution in [0.15, 0.2) is 78.9 Å². The van der Waals surface area contributed by atoms with Crippen LogP contribution < -0.4 is 15.0 Å². The number of hydrogen-bond donors (Lipinski definition) is 1. The lowest BCUT2D eigenvalue weighted by Gasteiger charge is -2.24. The summed E-state index contributed by atoms with van der Waals surface area (Å²) in [6, 6.07) is 24.8. The quantitative estimate of drug-likeness (QED) is 0.633. The summed E-state index contributed by atoms with van der Waals surface area (Å²) in [4.78, 5) is 26.6.